The first kappa shape index (κ1) is 18.5. The second-order valence-corrected chi connectivity index (χ2v) is 5.63. The quantitative estimate of drug-likeness (QED) is 0.513. The summed E-state index contributed by atoms with van der Waals surface area (Å²) in [4.78, 5) is 35.6. The van der Waals surface area contributed by atoms with Crippen LogP contribution in [0.3, 0.4) is 0 Å². The Balaban J connectivity index is 1.77. The van der Waals surface area contributed by atoms with Gasteiger partial charge in [0, 0.05) is 11.6 Å². The number of ether oxygens (including phenoxy) is 1. The summed E-state index contributed by atoms with van der Waals surface area (Å²) in [5.74, 6) is -0.739. The molecule has 1 aromatic carbocycles. The molecule has 3 rings (SSSR count). The molecule has 0 aliphatic heterocycles. The highest BCUT2D eigenvalue weighted by molar-refractivity contribution is 6.06. The fourth-order valence-electron chi connectivity index (χ4n) is 2.19. The number of pyridine rings is 1. The van der Waals surface area contributed by atoms with Crippen LogP contribution in [0.1, 0.15) is 26.5 Å². The number of nitrogens with one attached hydrogen (secondary N) is 1. The minimum atomic E-state index is -0.762. The summed E-state index contributed by atoms with van der Waals surface area (Å²) in [5, 5.41) is 21.0. The Hall–Kier alpha value is -4.32. The van der Waals surface area contributed by atoms with Gasteiger partial charge < -0.3 is 15.2 Å². The Morgan fingerprint density at radius 1 is 1.07 bits per heavy atom. The van der Waals surface area contributed by atoms with Gasteiger partial charge in [-0.3, -0.25) is 14.6 Å². The summed E-state index contributed by atoms with van der Waals surface area (Å²) >= 11 is 0. The fraction of sp³-hybridized carbons (Fsp3) is 0.0526. The highest BCUT2D eigenvalue weighted by atomic mass is 16.5. The molecular weight excluding hydrogens is 362 g/mol. The van der Waals surface area contributed by atoms with Crippen molar-refractivity contribution in [3.05, 3.63) is 65.9 Å². The van der Waals surface area contributed by atoms with E-state index in [1.54, 1.807) is 6.92 Å². The number of aromatic hydroxyl groups is 1. The van der Waals surface area contributed by atoms with Gasteiger partial charge in [-0.25, -0.2) is 9.97 Å². The SMILES string of the molecule is Cc1cnc(NC(=O)c2cc(O)cc(Oc3ccc(C(=O)C#N)nc3)c2)cn1. The molecule has 0 saturated heterocycles. The van der Waals surface area contributed by atoms with Gasteiger partial charge in [0.15, 0.2) is 5.82 Å². The van der Waals surface area contributed by atoms with Crippen LogP contribution in [-0.4, -0.2) is 31.7 Å². The first-order valence-corrected chi connectivity index (χ1v) is 7.97. The number of aromatic nitrogens is 3. The summed E-state index contributed by atoms with van der Waals surface area (Å²) in [6, 6.07) is 8.27. The lowest BCUT2D eigenvalue weighted by Crippen LogP contribution is -2.13. The Labute approximate surface area is 159 Å². The van der Waals surface area contributed by atoms with Crippen molar-refractivity contribution in [2.45, 2.75) is 6.92 Å². The number of aryl methyl sites for hydroxylation is 1. The Morgan fingerprint density at radius 2 is 1.89 bits per heavy atom. The van der Waals surface area contributed by atoms with E-state index >= 15 is 0 Å². The van der Waals surface area contributed by atoms with Crippen molar-refractivity contribution >= 4 is 17.5 Å². The maximum absolute atomic E-state index is 12.4. The molecule has 2 N–H and O–H groups in total. The van der Waals surface area contributed by atoms with Crippen LogP contribution in [0, 0.1) is 18.3 Å². The lowest BCUT2D eigenvalue weighted by molar-refractivity contribution is 0.102. The number of phenols is 1. The summed E-state index contributed by atoms with van der Waals surface area (Å²) in [6.07, 6.45) is 4.19. The van der Waals surface area contributed by atoms with E-state index in [2.05, 4.69) is 20.3 Å². The van der Waals surface area contributed by atoms with Crippen LogP contribution in [0.25, 0.3) is 0 Å². The molecule has 0 unspecified atom stereocenters. The molecule has 2 heterocycles. The van der Waals surface area contributed by atoms with E-state index < -0.39 is 11.7 Å². The predicted octanol–water partition coefficient (Wildman–Crippen LogP) is 2.64. The molecule has 0 fully saturated rings. The van der Waals surface area contributed by atoms with Gasteiger partial charge in [-0.05, 0) is 31.2 Å². The van der Waals surface area contributed by atoms with E-state index in [0.29, 0.717) is 5.69 Å². The highest BCUT2D eigenvalue weighted by Gasteiger charge is 2.12. The molecule has 3 aromatic rings. The lowest BCUT2D eigenvalue weighted by atomic mass is 10.2. The number of anilines is 1. The Kier molecular flexibility index (Phi) is 5.23. The van der Waals surface area contributed by atoms with Gasteiger partial charge in [0.05, 0.1) is 24.3 Å². The van der Waals surface area contributed by atoms with Crippen molar-refractivity contribution in [3.63, 3.8) is 0 Å². The average Bonchev–Trinajstić information content (AvgIpc) is 2.69. The zero-order chi connectivity index (χ0) is 20.1. The summed E-state index contributed by atoms with van der Waals surface area (Å²) in [6.45, 7) is 1.77. The number of Topliss-reactive ketones (excluding diaryl/α,β-unsaturated/α-hetero) is 1. The van der Waals surface area contributed by atoms with Crippen LogP contribution >= 0.6 is 0 Å². The molecule has 0 aliphatic rings. The standard InChI is InChI=1S/C19H13N5O4/c1-11-8-23-18(10-21-11)24-19(27)12-4-13(25)6-15(5-12)28-14-2-3-16(22-9-14)17(26)7-20/h2-6,8-10,25H,1H3,(H,23,24,27). The monoisotopic (exact) mass is 375 g/mol. The largest absolute Gasteiger partial charge is 0.508 e. The minimum Gasteiger partial charge on any atom is -0.508 e. The summed E-state index contributed by atoms with van der Waals surface area (Å²) in [5.41, 5.74) is 0.841. The number of rotatable bonds is 5. The number of hydrogen-bond donors (Lipinski definition) is 2. The number of ketones is 1. The second kappa shape index (κ2) is 7.92. The molecule has 138 valence electrons. The van der Waals surface area contributed by atoms with Gasteiger partial charge in [0.25, 0.3) is 11.7 Å². The first-order chi connectivity index (χ1) is 13.4. The van der Waals surface area contributed by atoms with Crippen molar-refractivity contribution in [3.8, 4) is 23.3 Å². The van der Waals surface area contributed by atoms with E-state index in [1.807, 2.05) is 0 Å². The van der Waals surface area contributed by atoms with Crippen molar-refractivity contribution in [2.75, 3.05) is 5.32 Å². The third kappa shape index (κ3) is 4.44. The smallest absolute Gasteiger partial charge is 0.280 e. The zero-order valence-corrected chi connectivity index (χ0v) is 14.6. The number of nitriles is 1. The van der Waals surface area contributed by atoms with E-state index in [0.717, 1.165) is 0 Å². The summed E-state index contributed by atoms with van der Waals surface area (Å²) < 4.78 is 5.56. The molecule has 9 nitrogen and oxygen atoms in total. The predicted molar refractivity (Wildman–Crippen MR) is 97.1 cm³/mol. The number of amides is 1. The fourth-order valence-corrected chi connectivity index (χ4v) is 2.19. The van der Waals surface area contributed by atoms with E-state index in [-0.39, 0.29) is 34.3 Å². The zero-order valence-electron chi connectivity index (χ0n) is 14.6. The van der Waals surface area contributed by atoms with Gasteiger partial charge >= 0.3 is 0 Å². The van der Waals surface area contributed by atoms with Crippen LogP contribution < -0.4 is 10.1 Å². The highest BCUT2D eigenvalue weighted by Crippen LogP contribution is 2.27. The minimum absolute atomic E-state index is 0.00923. The summed E-state index contributed by atoms with van der Waals surface area (Å²) in [7, 11) is 0. The molecule has 0 bridgehead atoms. The number of hydrogen-bond acceptors (Lipinski definition) is 8. The maximum atomic E-state index is 12.4. The van der Waals surface area contributed by atoms with E-state index in [1.165, 1.54) is 55.0 Å². The molecule has 1 amide bonds. The van der Waals surface area contributed by atoms with Crippen LogP contribution in [0.4, 0.5) is 5.82 Å². The molecule has 2 aromatic heterocycles. The van der Waals surface area contributed by atoms with E-state index in [9.17, 15) is 14.7 Å². The van der Waals surface area contributed by atoms with Crippen molar-refractivity contribution in [1.82, 2.24) is 15.0 Å². The van der Waals surface area contributed by atoms with Gasteiger partial charge in [-0.15, -0.1) is 0 Å². The molecular formula is C19H13N5O4. The third-order valence-electron chi connectivity index (χ3n) is 3.48. The van der Waals surface area contributed by atoms with Gasteiger partial charge in [0.1, 0.15) is 29.0 Å². The topological polar surface area (TPSA) is 138 Å². The number of nitrogens with zero attached hydrogens (tertiary/aromatic N) is 4. The third-order valence-corrected chi connectivity index (χ3v) is 3.48. The second-order valence-electron chi connectivity index (χ2n) is 5.63. The van der Waals surface area contributed by atoms with Crippen molar-refractivity contribution < 1.29 is 19.4 Å². The molecule has 9 heteroatoms. The molecule has 28 heavy (non-hydrogen) atoms. The number of carbonyl (C=O) groups excluding carboxylic acids is 2. The maximum Gasteiger partial charge on any atom is 0.280 e. The normalized spacial score (nSPS) is 10.0. The number of benzene rings is 1. The molecule has 0 spiro atoms. The van der Waals surface area contributed by atoms with Gasteiger partial charge in [-0.1, -0.05) is 0 Å². The molecule has 0 aliphatic carbocycles. The molecule has 0 saturated carbocycles. The first-order valence-electron chi connectivity index (χ1n) is 7.97. The molecule has 0 atom stereocenters. The number of phenolic OH excluding ortho intramolecular Hbond substituents is 1. The van der Waals surface area contributed by atoms with Crippen molar-refractivity contribution in [2.24, 2.45) is 0 Å². The Bertz CT molecular complexity index is 1070. The van der Waals surface area contributed by atoms with Gasteiger partial charge in [-0.2, -0.15) is 5.26 Å². The van der Waals surface area contributed by atoms with Gasteiger partial charge in [0.2, 0.25) is 0 Å². The molecule has 0 radical (unpaired) electrons. The van der Waals surface area contributed by atoms with Crippen LogP contribution in [-0.2, 0) is 0 Å². The van der Waals surface area contributed by atoms with Crippen molar-refractivity contribution in [1.29, 1.82) is 5.26 Å². The van der Waals surface area contributed by atoms with Crippen LogP contribution in [0.2, 0.25) is 0 Å². The average molecular weight is 375 g/mol. The number of carbonyl (C=O) groups is 2. The van der Waals surface area contributed by atoms with Crippen LogP contribution in [0.15, 0.2) is 48.9 Å². The lowest BCUT2D eigenvalue weighted by Gasteiger charge is -2.09. The Morgan fingerprint density at radius 3 is 2.54 bits per heavy atom. The van der Waals surface area contributed by atoms with E-state index in [4.69, 9.17) is 10.00 Å². The van der Waals surface area contributed by atoms with Crippen LogP contribution in [0.5, 0.6) is 17.2 Å².